The molecule has 0 spiro atoms. The predicted octanol–water partition coefficient (Wildman–Crippen LogP) is 0.344. The van der Waals surface area contributed by atoms with Crippen LogP contribution in [0.2, 0.25) is 0 Å². The maximum Gasteiger partial charge on any atom is 1.00 e. The van der Waals surface area contributed by atoms with Crippen molar-refractivity contribution in [2.75, 3.05) is 14.2 Å². The summed E-state index contributed by atoms with van der Waals surface area (Å²) in [6.07, 6.45) is 1.05. The number of methoxy groups -OCH3 is 2. The number of hydrogen-bond donors (Lipinski definition) is 0. The molecule has 1 heterocycles. The molecular formula is C13H17CsO3S. The van der Waals surface area contributed by atoms with E-state index in [0.29, 0.717) is 5.92 Å². The predicted molar refractivity (Wildman–Crippen MR) is 68.4 cm³/mol. The normalized spacial score (nSPS) is 22.4. The molecule has 0 bridgehead atoms. The van der Waals surface area contributed by atoms with E-state index >= 15 is 0 Å². The number of benzene rings is 1. The molecule has 2 atom stereocenters. The smallest absolute Gasteiger partial charge is 0.542 e. The molecule has 1 unspecified atom stereocenters. The number of hydrogen-bond acceptors (Lipinski definition) is 4. The summed E-state index contributed by atoms with van der Waals surface area (Å²) in [7, 11) is 3.29. The molecule has 5 heteroatoms. The van der Waals surface area contributed by atoms with Crippen molar-refractivity contribution in [1.82, 2.24) is 0 Å². The van der Waals surface area contributed by atoms with Crippen molar-refractivity contribution >= 4 is 11.8 Å². The zero-order valence-electron chi connectivity index (χ0n) is 11.3. The van der Waals surface area contributed by atoms with Crippen molar-refractivity contribution in [2.45, 2.75) is 23.7 Å². The van der Waals surface area contributed by atoms with Gasteiger partial charge in [-0.1, -0.05) is 18.7 Å². The Morgan fingerprint density at radius 3 is 2.56 bits per heavy atom. The summed E-state index contributed by atoms with van der Waals surface area (Å²) in [4.78, 5) is 1.13. The molecule has 1 aromatic rings. The van der Waals surface area contributed by atoms with Crippen molar-refractivity contribution < 1.29 is 83.1 Å². The Kier molecular flexibility index (Phi) is 8.10. The van der Waals surface area contributed by atoms with E-state index in [2.05, 4.69) is 6.92 Å². The quantitative estimate of drug-likeness (QED) is 0.698. The monoisotopic (exact) mass is 386 g/mol. The molecule has 3 nitrogen and oxygen atoms in total. The molecule has 0 N–H and O–H groups in total. The van der Waals surface area contributed by atoms with E-state index in [1.54, 1.807) is 26.0 Å². The van der Waals surface area contributed by atoms with Gasteiger partial charge < -0.3 is 14.2 Å². The molecule has 1 aliphatic rings. The van der Waals surface area contributed by atoms with Gasteiger partial charge in [0, 0.05) is 4.90 Å². The molecule has 0 aromatic heterocycles. The average molecular weight is 386 g/mol. The van der Waals surface area contributed by atoms with E-state index in [1.807, 2.05) is 24.8 Å². The van der Waals surface area contributed by atoms with E-state index < -0.39 is 0 Å². The van der Waals surface area contributed by atoms with Crippen molar-refractivity contribution in [3.8, 4) is 11.5 Å². The molecule has 0 amide bonds. The largest absolute Gasteiger partial charge is 1.00 e. The third-order valence-electron chi connectivity index (χ3n) is 2.65. The third kappa shape index (κ3) is 4.63. The van der Waals surface area contributed by atoms with Crippen LogP contribution < -0.4 is 78.4 Å². The first-order valence-corrected chi connectivity index (χ1v) is 6.48. The van der Waals surface area contributed by atoms with Gasteiger partial charge >= 0.3 is 68.9 Å². The van der Waals surface area contributed by atoms with Crippen molar-refractivity contribution in [3.63, 3.8) is 0 Å². The van der Waals surface area contributed by atoms with Gasteiger partial charge in [0.25, 0.3) is 0 Å². The number of rotatable bonds is 4. The first-order chi connectivity index (χ1) is 8.22. The molecule has 1 aromatic carbocycles. The summed E-state index contributed by atoms with van der Waals surface area (Å²) >= 11 is 1.71. The van der Waals surface area contributed by atoms with Gasteiger partial charge in [0.1, 0.15) is 0 Å². The number of ether oxygens (including phenoxy) is 3. The first-order valence-electron chi connectivity index (χ1n) is 5.60. The van der Waals surface area contributed by atoms with Gasteiger partial charge in [-0.2, -0.15) is 0 Å². The molecule has 18 heavy (non-hydrogen) atoms. The molecule has 1 aliphatic heterocycles. The van der Waals surface area contributed by atoms with Crippen LogP contribution in [0.4, 0.5) is 0 Å². The summed E-state index contributed by atoms with van der Waals surface area (Å²) in [5.74, 6) is 2.05. The molecule has 94 valence electrons. The Bertz CT molecular complexity index is 386. The molecule has 0 aliphatic carbocycles. The van der Waals surface area contributed by atoms with E-state index in [9.17, 15) is 0 Å². The molecule has 0 radical (unpaired) electrons. The zero-order chi connectivity index (χ0) is 12.3. The molecule has 1 saturated heterocycles. The van der Waals surface area contributed by atoms with Gasteiger partial charge in [0.2, 0.25) is 0 Å². The summed E-state index contributed by atoms with van der Waals surface area (Å²) in [6.45, 7) is 4.08. The molecule has 1 fully saturated rings. The van der Waals surface area contributed by atoms with E-state index in [4.69, 9.17) is 14.2 Å². The van der Waals surface area contributed by atoms with Gasteiger partial charge in [-0.05, 0) is 24.6 Å². The average Bonchev–Trinajstić information content (AvgIpc) is 2.74. The SMILES string of the molecule is COc1ccc(SC2C[C@@H](C)[CH-]O2)cc1OC.[Cs+]. The minimum absolute atomic E-state index is 0. The summed E-state index contributed by atoms with van der Waals surface area (Å²) < 4.78 is 16.0. The Labute approximate surface area is 172 Å². The van der Waals surface area contributed by atoms with Crippen LogP contribution in [-0.2, 0) is 4.74 Å². The van der Waals surface area contributed by atoms with E-state index in [0.717, 1.165) is 22.8 Å². The fourth-order valence-corrected chi connectivity index (χ4v) is 2.90. The number of thioether (sulfide) groups is 1. The second kappa shape index (κ2) is 8.46. The van der Waals surface area contributed by atoms with Crippen LogP contribution in [0.15, 0.2) is 23.1 Å². The van der Waals surface area contributed by atoms with Gasteiger partial charge in [-0.15, -0.1) is 5.92 Å². The molecular weight excluding hydrogens is 369 g/mol. The zero-order valence-corrected chi connectivity index (χ0v) is 18.4. The molecule has 0 saturated carbocycles. The second-order valence-electron chi connectivity index (χ2n) is 4.05. The van der Waals surface area contributed by atoms with E-state index in [1.165, 1.54) is 0 Å². The van der Waals surface area contributed by atoms with Gasteiger partial charge in [0.15, 0.2) is 11.5 Å². The van der Waals surface area contributed by atoms with Gasteiger partial charge in [0.05, 0.1) is 19.7 Å². The third-order valence-corrected chi connectivity index (χ3v) is 3.74. The fraction of sp³-hybridized carbons (Fsp3) is 0.462. The van der Waals surface area contributed by atoms with Crippen LogP contribution in [0.1, 0.15) is 13.3 Å². The van der Waals surface area contributed by atoms with Gasteiger partial charge in [-0.3, -0.25) is 0 Å². The van der Waals surface area contributed by atoms with Crippen LogP contribution in [-0.4, -0.2) is 19.7 Å². The Morgan fingerprint density at radius 1 is 1.28 bits per heavy atom. The van der Waals surface area contributed by atoms with Crippen molar-refractivity contribution in [2.24, 2.45) is 5.92 Å². The van der Waals surface area contributed by atoms with Crippen LogP contribution in [0.3, 0.4) is 0 Å². The van der Waals surface area contributed by atoms with Crippen molar-refractivity contribution in [1.29, 1.82) is 0 Å². The van der Waals surface area contributed by atoms with Crippen LogP contribution in [0, 0.1) is 12.5 Å². The summed E-state index contributed by atoms with van der Waals surface area (Å²) in [5.41, 5.74) is 0.211. The maximum absolute atomic E-state index is 5.57. The minimum atomic E-state index is 0. The fourth-order valence-electron chi connectivity index (χ4n) is 1.75. The van der Waals surface area contributed by atoms with E-state index in [-0.39, 0.29) is 74.3 Å². The topological polar surface area (TPSA) is 27.7 Å². The maximum atomic E-state index is 5.57. The minimum Gasteiger partial charge on any atom is -0.542 e. The summed E-state index contributed by atoms with van der Waals surface area (Å²) in [5, 5.41) is 0. The van der Waals surface area contributed by atoms with Crippen LogP contribution in [0.5, 0.6) is 11.5 Å². The Balaban J connectivity index is 0.00000162. The van der Waals surface area contributed by atoms with Crippen molar-refractivity contribution in [3.05, 3.63) is 24.8 Å². The second-order valence-corrected chi connectivity index (χ2v) is 5.28. The first kappa shape index (κ1) is 17.2. The van der Waals surface area contributed by atoms with Gasteiger partial charge in [-0.25, -0.2) is 6.61 Å². The Hall–Kier alpha value is 1.18. The summed E-state index contributed by atoms with van der Waals surface area (Å²) in [6, 6.07) is 5.93. The molecule has 2 rings (SSSR count). The standard InChI is InChI=1S/C13H17O3S.Cs/c1-9-6-13(16-8-9)17-10-4-5-11(14-2)12(7-10)15-3;/h4-5,7-9,13H,6H2,1-3H3;/q-1;+1/t9-,13?;/m1./s1. The van der Waals surface area contributed by atoms with Crippen LogP contribution >= 0.6 is 11.8 Å². The Morgan fingerprint density at radius 2 is 2.00 bits per heavy atom. The van der Waals surface area contributed by atoms with Crippen LogP contribution in [0.25, 0.3) is 0 Å².